The van der Waals surface area contributed by atoms with Crippen molar-refractivity contribution in [3.63, 3.8) is 0 Å². The van der Waals surface area contributed by atoms with E-state index in [1.165, 1.54) is 19.2 Å². The van der Waals surface area contributed by atoms with Crippen molar-refractivity contribution < 1.29 is 21.6 Å². The van der Waals surface area contributed by atoms with Crippen LogP contribution in [0.2, 0.25) is 0 Å². The summed E-state index contributed by atoms with van der Waals surface area (Å²) in [6.45, 7) is 0. The molecule has 0 saturated carbocycles. The summed E-state index contributed by atoms with van der Waals surface area (Å²) in [5.74, 6) is 0.281. The summed E-state index contributed by atoms with van der Waals surface area (Å²) in [5, 5.41) is 8.67. The van der Waals surface area contributed by atoms with Crippen LogP contribution in [-0.2, 0) is 16.2 Å². The quantitative estimate of drug-likeness (QED) is 0.639. The minimum atomic E-state index is -4.59. The molecule has 1 aromatic carbocycles. The van der Waals surface area contributed by atoms with Crippen LogP contribution >= 0.6 is 11.8 Å². The topological polar surface area (TPSA) is 70.0 Å². The molecule has 0 aliphatic rings. The smallest absolute Gasteiger partial charge is 0.218 e. The Morgan fingerprint density at radius 1 is 1.38 bits per heavy atom. The molecule has 116 valence electrons. The number of hydrogen-bond acceptors (Lipinski definition) is 4. The first kappa shape index (κ1) is 17.8. The van der Waals surface area contributed by atoms with Crippen LogP contribution in [0.3, 0.4) is 0 Å². The monoisotopic (exact) mass is 338 g/mol. The maximum Gasteiger partial charge on any atom is 0.417 e. The second-order valence-corrected chi connectivity index (χ2v) is 7.26. The van der Waals surface area contributed by atoms with Crippen molar-refractivity contribution in [2.75, 3.05) is 18.6 Å². The SMILES string of the molecule is CNS(=O)(=O)CCCSc1ccc(C#N)c(C(F)(F)F)c1. The maximum absolute atomic E-state index is 12.8. The summed E-state index contributed by atoms with van der Waals surface area (Å²) < 4.78 is 62.8. The van der Waals surface area contributed by atoms with Crippen LogP contribution in [0.15, 0.2) is 23.1 Å². The van der Waals surface area contributed by atoms with Crippen molar-refractivity contribution in [3.8, 4) is 6.07 Å². The number of rotatable bonds is 6. The van der Waals surface area contributed by atoms with Crippen molar-refractivity contribution in [3.05, 3.63) is 29.3 Å². The molecule has 0 unspecified atom stereocenters. The van der Waals surface area contributed by atoms with Crippen molar-refractivity contribution >= 4 is 21.8 Å². The van der Waals surface area contributed by atoms with Gasteiger partial charge in [0.2, 0.25) is 10.0 Å². The largest absolute Gasteiger partial charge is 0.417 e. The van der Waals surface area contributed by atoms with E-state index in [2.05, 4.69) is 4.72 Å². The van der Waals surface area contributed by atoms with Gasteiger partial charge in [-0.2, -0.15) is 18.4 Å². The van der Waals surface area contributed by atoms with E-state index in [9.17, 15) is 21.6 Å². The number of nitrogens with one attached hydrogen (secondary N) is 1. The first-order chi connectivity index (χ1) is 9.69. The Morgan fingerprint density at radius 3 is 2.57 bits per heavy atom. The van der Waals surface area contributed by atoms with Crippen molar-refractivity contribution in [1.82, 2.24) is 4.72 Å². The zero-order valence-electron chi connectivity index (χ0n) is 11.1. The Bertz CT molecular complexity index is 637. The lowest BCUT2D eigenvalue weighted by Gasteiger charge is -2.10. The van der Waals surface area contributed by atoms with Gasteiger partial charge in [-0.15, -0.1) is 11.8 Å². The number of alkyl halides is 3. The molecule has 1 rings (SSSR count). The van der Waals surface area contributed by atoms with Gasteiger partial charge >= 0.3 is 6.18 Å². The van der Waals surface area contributed by atoms with Gasteiger partial charge in [-0.25, -0.2) is 13.1 Å². The van der Waals surface area contributed by atoms with Crippen LogP contribution in [-0.4, -0.2) is 27.0 Å². The molecular formula is C12H13F3N2O2S2. The summed E-state index contributed by atoms with van der Waals surface area (Å²) in [7, 11) is -2.00. The lowest BCUT2D eigenvalue weighted by atomic mass is 10.1. The lowest BCUT2D eigenvalue weighted by Crippen LogP contribution is -2.22. The van der Waals surface area contributed by atoms with E-state index in [4.69, 9.17) is 5.26 Å². The summed E-state index contributed by atoms with van der Waals surface area (Å²) >= 11 is 1.12. The van der Waals surface area contributed by atoms with Crippen LogP contribution in [0.1, 0.15) is 17.5 Å². The highest BCUT2D eigenvalue weighted by atomic mass is 32.2. The molecule has 0 fully saturated rings. The molecule has 1 aromatic rings. The van der Waals surface area contributed by atoms with Gasteiger partial charge in [0.25, 0.3) is 0 Å². The Balaban J connectivity index is 2.72. The normalized spacial score (nSPS) is 12.1. The second-order valence-electron chi connectivity index (χ2n) is 4.04. The van der Waals surface area contributed by atoms with E-state index in [0.717, 1.165) is 23.9 Å². The third-order valence-electron chi connectivity index (χ3n) is 2.55. The first-order valence-electron chi connectivity index (χ1n) is 5.85. The van der Waals surface area contributed by atoms with Gasteiger partial charge in [0.05, 0.1) is 22.9 Å². The van der Waals surface area contributed by atoms with Gasteiger partial charge in [0.15, 0.2) is 0 Å². The summed E-state index contributed by atoms with van der Waals surface area (Å²) in [6, 6.07) is 4.96. The molecule has 21 heavy (non-hydrogen) atoms. The number of hydrogen-bond donors (Lipinski definition) is 1. The van der Waals surface area contributed by atoms with E-state index >= 15 is 0 Å². The molecule has 0 aromatic heterocycles. The molecule has 0 aliphatic heterocycles. The summed E-state index contributed by atoms with van der Waals surface area (Å²) in [6.07, 6.45) is -4.27. The van der Waals surface area contributed by atoms with Crippen LogP contribution < -0.4 is 4.72 Å². The minimum absolute atomic E-state index is 0.0844. The molecular weight excluding hydrogens is 325 g/mol. The number of halogens is 3. The Labute approximate surface area is 125 Å². The third kappa shape index (κ3) is 5.57. The third-order valence-corrected chi connectivity index (χ3v) is 5.08. The average molecular weight is 338 g/mol. The molecule has 1 N–H and O–H groups in total. The minimum Gasteiger partial charge on any atom is -0.218 e. The fourth-order valence-corrected chi connectivity index (χ4v) is 3.29. The highest BCUT2D eigenvalue weighted by Gasteiger charge is 2.33. The van der Waals surface area contributed by atoms with Gasteiger partial charge < -0.3 is 0 Å². The highest BCUT2D eigenvalue weighted by Crippen LogP contribution is 2.34. The van der Waals surface area contributed by atoms with Crippen molar-refractivity contribution in [1.29, 1.82) is 5.26 Å². The van der Waals surface area contributed by atoms with Crippen molar-refractivity contribution in [2.45, 2.75) is 17.5 Å². The maximum atomic E-state index is 12.8. The van der Waals surface area contributed by atoms with Crippen LogP contribution in [0.25, 0.3) is 0 Å². The van der Waals surface area contributed by atoms with Gasteiger partial charge in [-0.05, 0) is 37.4 Å². The second kappa shape index (κ2) is 7.15. The number of sulfonamides is 1. The van der Waals surface area contributed by atoms with Crippen LogP contribution in [0, 0.1) is 11.3 Å². The van der Waals surface area contributed by atoms with E-state index in [-0.39, 0.29) is 5.75 Å². The molecule has 0 atom stereocenters. The fraction of sp³-hybridized carbons (Fsp3) is 0.417. The molecule has 9 heteroatoms. The molecule has 0 radical (unpaired) electrons. The predicted molar refractivity (Wildman–Crippen MR) is 74.3 cm³/mol. The van der Waals surface area contributed by atoms with Crippen molar-refractivity contribution in [2.24, 2.45) is 0 Å². The first-order valence-corrected chi connectivity index (χ1v) is 8.49. The molecule has 0 amide bonds. The highest BCUT2D eigenvalue weighted by molar-refractivity contribution is 7.99. The zero-order chi connectivity index (χ0) is 16.1. The van der Waals surface area contributed by atoms with Crippen LogP contribution in [0.5, 0.6) is 0 Å². The Kier molecular flexibility index (Phi) is 6.07. The van der Waals surface area contributed by atoms with E-state index in [1.807, 2.05) is 0 Å². The number of nitrogens with zero attached hydrogens (tertiary/aromatic N) is 1. The van der Waals surface area contributed by atoms with Gasteiger partial charge in [0.1, 0.15) is 0 Å². The van der Waals surface area contributed by atoms with Gasteiger partial charge in [-0.1, -0.05) is 0 Å². The number of benzene rings is 1. The van der Waals surface area contributed by atoms with Crippen LogP contribution in [0.4, 0.5) is 13.2 Å². The van der Waals surface area contributed by atoms with E-state index in [1.54, 1.807) is 0 Å². The van der Waals surface area contributed by atoms with E-state index in [0.29, 0.717) is 17.1 Å². The summed E-state index contributed by atoms with van der Waals surface area (Å²) in [5.41, 5.74) is -1.40. The Hall–Kier alpha value is -1.24. The fourth-order valence-electron chi connectivity index (χ4n) is 1.49. The number of nitriles is 1. The Morgan fingerprint density at radius 2 is 2.05 bits per heavy atom. The average Bonchev–Trinajstić information content (AvgIpc) is 2.42. The van der Waals surface area contributed by atoms with Gasteiger partial charge in [0, 0.05) is 4.90 Å². The predicted octanol–water partition coefficient (Wildman–Crippen LogP) is 2.61. The number of thioether (sulfide) groups is 1. The zero-order valence-corrected chi connectivity index (χ0v) is 12.7. The summed E-state index contributed by atoms with van der Waals surface area (Å²) in [4.78, 5) is 0.350. The molecule has 0 saturated heterocycles. The molecule has 0 bridgehead atoms. The lowest BCUT2D eigenvalue weighted by molar-refractivity contribution is -0.137. The van der Waals surface area contributed by atoms with Gasteiger partial charge in [-0.3, -0.25) is 0 Å². The molecule has 0 heterocycles. The molecule has 4 nitrogen and oxygen atoms in total. The molecule has 0 aliphatic carbocycles. The molecule has 0 spiro atoms. The standard InChI is InChI=1S/C12H13F3N2O2S2/c1-17-21(18,19)6-2-5-20-10-4-3-9(8-16)11(7-10)12(13,14)15/h3-4,7,17H,2,5-6H2,1H3. The van der Waals surface area contributed by atoms with E-state index < -0.39 is 27.3 Å².